The third kappa shape index (κ3) is 3.24. The molecule has 3 atom stereocenters. The highest BCUT2D eigenvalue weighted by molar-refractivity contribution is 5.88. The molecule has 3 unspecified atom stereocenters. The number of carboxylic acids is 1. The first-order valence-electron chi connectivity index (χ1n) is 7.22. The molecule has 2 rings (SSSR count). The van der Waals surface area contributed by atoms with E-state index in [2.05, 4.69) is 5.32 Å². The molecule has 5 nitrogen and oxygen atoms in total. The van der Waals surface area contributed by atoms with Crippen LogP contribution in [0, 0.1) is 11.8 Å². The lowest BCUT2D eigenvalue weighted by Gasteiger charge is -2.29. The van der Waals surface area contributed by atoms with E-state index in [4.69, 9.17) is 5.73 Å². The molecule has 1 aliphatic rings. The predicted octanol–water partition coefficient (Wildman–Crippen LogP) is 1.69. The van der Waals surface area contributed by atoms with E-state index in [1.54, 1.807) is 13.8 Å². The van der Waals surface area contributed by atoms with Crippen molar-refractivity contribution in [1.29, 1.82) is 0 Å². The lowest BCUT2D eigenvalue weighted by Crippen LogP contribution is -2.56. The molecule has 0 saturated heterocycles. The molecular formula is C16H22N2O3. The maximum atomic E-state index is 12.4. The first kappa shape index (κ1) is 15.5. The molecule has 0 radical (unpaired) electrons. The van der Waals surface area contributed by atoms with Crippen LogP contribution < -0.4 is 11.1 Å². The Morgan fingerprint density at radius 3 is 2.38 bits per heavy atom. The zero-order valence-electron chi connectivity index (χ0n) is 12.4. The Morgan fingerprint density at radius 1 is 1.33 bits per heavy atom. The fraction of sp³-hybridized carbons (Fsp3) is 0.500. The van der Waals surface area contributed by atoms with E-state index in [0.717, 1.165) is 18.4 Å². The van der Waals surface area contributed by atoms with E-state index in [0.29, 0.717) is 0 Å². The molecule has 1 aliphatic carbocycles. The Morgan fingerprint density at radius 2 is 1.90 bits per heavy atom. The number of rotatable bonds is 6. The number of aliphatic carboxylic acids is 1. The predicted molar refractivity (Wildman–Crippen MR) is 79.4 cm³/mol. The van der Waals surface area contributed by atoms with Crippen LogP contribution in [-0.2, 0) is 9.59 Å². The van der Waals surface area contributed by atoms with Crippen molar-refractivity contribution in [3.05, 3.63) is 35.9 Å². The lowest BCUT2D eigenvalue weighted by atomic mass is 9.91. The summed E-state index contributed by atoms with van der Waals surface area (Å²) in [4.78, 5) is 23.8. The van der Waals surface area contributed by atoms with Crippen LogP contribution in [0.15, 0.2) is 30.3 Å². The van der Waals surface area contributed by atoms with Crippen LogP contribution >= 0.6 is 0 Å². The smallest absolute Gasteiger partial charge is 0.329 e. The van der Waals surface area contributed by atoms with Crippen LogP contribution in [0.25, 0.3) is 0 Å². The first-order chi connectivity index (χ1) is 9.86. The van der Waals surface area contributed by atoms with Crippen LogP contribution in [0.5, 0.6) is 0 Å². The number of hydrogen-bond acceptors (Lipinski definition) is 3. The van der Waals surface area contributed by atoms with Crippen molar-refractivity contribution < 1.29 is 14.7 Å². The van der Waals surface area contributed by atoms with Gasteiger partial charge in [0, 0.05) is 6.04 Å². The number of nitrogens with one attached hydrogen (secondary N) is 1. The van der Waals surface area contributed by atoms with Gasteiger partial charge in [0.15, 0.2) is 0 Å². The molecule has 1 amide bonds. The highest BCUT2D eigenvalue weighted by atomic mass is 16.4. The zero-order chi connectivity index (χ0) is 15.6. The van der Waals surface area contributed by atoms with Crippen molar-refractivity contribution in [2.45, 2.75) is 38.3 Å². The summed E-state index contributed by atoms with van der Waals surface area (Å²) in [6.45, 7) is 3.30. The van der Waals surface area contributed by atoms with Crippen LogP contribution in [0.4, 0.5) is 0 Å². The van der Waals surface area contributed by atoms with Crippen molar-refractivity contribution in [2.24, 2.45) is 17.6 Å². The highest BCUT2D eigenvalue weighted by Crippen LogP contribution is 2.40. The van der Waals surface area contributed by atoms with Gasteiger partial charge in [-0.15, -0.1) is 0 Å². The minimum absolute atomic E-state index is 0.0131. The van der Waals surface area contributed by atoms with Crippen molar-refractivity contribution in [2.75, 3.05) is 0 Å². The van der Waals surface area contributed by atoms with E-state index in [1.807, 2.05) is 30.3 Å². The van der Waals surface area contributed by atoms with Crippen LogP contribution in [0.2, 0.25) is 0 Å². The summed E-state index contributed by atoms with van der Waals surface area (Å²) < 4.78 is 0. The Hall–Kier alpha value is -1.88. The monoisotopic (exact) mass is 290 g/mol. The summed E-state index contributed by atoms with van der Waals surface area (Å²) in [6, 6.07) is 8.90. The first-order valence-corrected chi connectivity index (χ1v) is 7.22. The second kappa shape index (κ2) is 5.85. The number of carboxylic acid groups (broad SMARTS) is 1. The van der Waals surface area contributed by atoms with Gasteiger partial charge in [-0.1, -0.05) is 37.3 Å². The van der Waals surface area contributed by atoms with E-state index < -0.39 is 23.5 Å². The molecule has 0 heterocycles. The minimum atomic E-state index is -1.19. The molecule has 5 heteroatoms. The van der Waals surface area contributed by atoms with Gasteiger partial charge in [-0.05, 0) is 31.2 Å². The fourth-order valence-electron chi connectivity index (χ4n) is 2.49. The standard InChI is InChI=1S/C16H22N2O3/c1-10(13(17)11-6-4-3-5-7-11)14(19)18-16(2,15(20)21)12-8-9-12/h3-7,10,12-13H,8-9,17H2,1-2H3,(H,18,19)(H,20,21). The van der Waals surface area contributed by atoms with Gasteiger partial charge < -0.3 is 16.2 Å². The number of benzene rings is 1. The van der Waals surface area contributed by atoms with Crippen molar-refractivity contribution >= 4 is 11.9 Å². The topological polar surface area (TPSA) is 92.4 Å². The van der Waals surface area contributed by atoms with E-state index in [1.165, 1.54) is 0 Å². The third-order valence-corrected chi connectivity index (χ3v) is 4.36. The SMILES string of the molecule is CC(C(=O)NC(C)(C(=O)O)C1CC1)C(N)c1ccccc1. The Balaban J connectivity index is 2.07. The molecule has 21 heavy (non-hydrogen) atoms. The molecule has 1 saturated carbocycles. The molecule has 0 bridgehead atoms. The second-order valence-corrected chi connectivity index (χ2v) is 6.00. The molecule has 1 fully saturated rings. The van der Waals surface area contributed by atoms with Crippen molar-refractivity contribution in [3.63, 3.8) is 0 Å². The second-order valence-electron chi connectivity index (χ2n) is 6.00. The number of nitrogens with two attached hydrogens (primary N) is 1. The molecule has 0 aromatic heterocycles. The summed E-state index contributed by atoms with van der Waals surface area (Å²) in [5.74, 6) is -1.79. The normalized spacial score (nSPS) is 20.1. The third-order valence-electron chi connectivity index (χ3n) is 4.36. The Labute approximate surface area is 124 Å². The van der Waals surface area contributed by atoms with Gasteiger partial charge in [0.2, 0.25) is 5.91 Å². The van der Waals surface area contributed by atoms with Gasteiger partial charge >= 0.3 is 5.97 Å². The summed E-state index contributed by atoms with van der Waals surface area (Å²) in [5.41, 5.74) is 5.79. The molecular weight excluding hydrogens is 268 g/mol. The largest absolute Gasteiger partial charge is 0.480 e. The van der Waals surface area contributed by atoms with Crippen LogP contribution in [0.3, 0.4) is 0 Å². The number of hydrogen-bond donors (Lipinski definition) is 3. The Bertz CT molecular complexity index is 528. The molecule has 4 N–H and O–H groups in total. The maximum Gasteiger partial charge on any atom is 0.329 e. The lowest BCUT2D eigenvalue weighted by molar-refractivity contribution is -0.148. The van der Waals surface area contributed by atoms with Crippen LogP contribution in [0.1, 0.15) is 38.3 Å². The van der Waals surface area contributed by atoms with Gasteiger partial charge in [-0.3, -0.25) is 4.79 Å². The van der Waals surface area contributed by atoms with E-state index in [9.17, 15) is 14.7 Å². The summed E-state index contributed by atoms with van der Waals surface area (Å²) >= 11 is 0. The number of carbonyl (C=O) groups excluding carboxylic acids is 1. The number of carbonyl (C=O) groups is 2. The molecule has 1 aromatic rings. The summed E-state index contributed by atoms with van der Waals surface area (Å²) in [7, 11) is 0. The maximum absolute atomic E-state index is 12.4. The van der Waals surface area contributed by atoms with Gasteiger partial charge in [0.25, 0.3) is 0 Å². The van der Waals surface area contributed by atoms with Gasteiger partial charge in [-0.25, -0.2) is 4.79 Å². The highest BCUT2D eigenvalue weighted by Gasteiger charge is 2.49. The van der Waals surface area contributed by atoms with Gasteiger partial charge in [-0.2, -0.15) is 0 Å². The molecule has 0 spiro atoms. The molecule has 0 aliphatic heterocycles. The van der Waals surface area contributed by atoms with Gasteiger partial charge in [0.1, 0.15) is 5.54 Å². The quantitative estimate of drug-likeness (QED) is 0.743. The van der Waals surface area contributed by atoms with Gasteiger partial charge in [0.05, 0.1) is 5.92 Å². The fourth-order valence-corrected chi connectivity index (χ4v) is 2.49. The Kier molecular flexibility index (Phi) is 4.32. The summed E-state index contributed by atoms with van der Waals surface area (Å²) in [6.07, 6.45) is 1.67. The van der Waals surface area contributed by atoms with Crippen molar-refractivity contribution in [1.82, 2.24) is 5.32 Å². The number of amides is 1. The average molecular weight is 290 g/mol. The summed E-state index contributed by atoms with van der Waals surface area (Å²) in [5, 5.41) is 12.1. The zero-order valence-corrected chi connectivity index (χ0v) is 12.4. The molecule has 1 aromatic carbocycles. The minimum Gasteiger partial charge on any atom is -0.480 e. The van der Waals surface area contributed by atoms with E-state index in [-0.39, 0.29) is 11.8 Å². The van der Waals surface area contributed by atoms with Crippen LogP contribution in [-0.4, -0.2) is 22.5 Å². The average Bonchev–Trinajstić information content (AvgIpc) is 3.31. The molecule has 114 valence electrons. The van der Waals surface area contributed by atoms with E-state index >= 15 is 0 Å². The van der Waals surface area contributed by atoms with Crippen molar-refractivity contribution in [3.8, 4) is 0 Å².